The number of likely N-dealkylation sites (tertiary alicyclic amines) is 1. The summed E-state index contributed by atoms with van der Waals surface area (Å²) >= 11 is 0. The molecule has 1 amide bonds. The maximum absolute atomic E-state index is 12.7. The van der Waals surface area contributed by atoms with Crippen LogP contribution >= 0.6 is 0 Å². The van der Waals surface area contributed by atoms with E-state index in [-0.39, 0.29) is 24.7 Å². The van der Waals surface area contributed by atoms with Gasteiger partial charge in [0.1, 0.15) is 24.8 Å². The molecular weight excluding hydrogens is 458 g/mol. The fraction of sp³-hybridized carbons (Fsp3) is 0.500. The third-order valence-corrected chi connectivity index (χ3v) is 8.18. The summed E-state index contributed by atoms with van der Waals surface area (Å²) in [6, 6.07) is 12.5. The SMILES string of the molecule is C[Si](C)(C)CCOCn1ccc2cnc(C(N)C3CCCN(C(=O)OCc4ccccc4)C3)nc21. The number of amides is 1. The van der Waals surface area contributed by atoms with Gasteiger partial charge in [-0.15, -0.1) is 0 Å². The molecule has 1 aliphatic heterocycles. The van der Waals surface area contributed by atoms with Crippen molar-refractivity contribution in [3.05, 3.63) is 60.2 Å². The number of piperidine rings is 1. The maximum atomic E-state index is 12.7. The van der Waals surface area contributed by atoms with Crippen LogP contribution in [0.1, 0.15) is 30.3 Å². The van der Waals surface area contributed by atoms with Crippen molar-refractivity contribution in [3.8, 4) is 0 Å². The molecule has 1 aromatic carbocycles. The molecule has 1 fully saturated rings. The van der Waals surface area contributed by atoms with E-state index in [1.54, 1.807) is 4.90 Å². The summed E-state index contributed by atoms with van der Waals surface area (Å²) in [6.45, 7) is 9.73. The van der Waals surface area contributed by atoms with Crippen LogP contribution in [0.5, 0.6) is 0 Å². The molecule has 0 spiro atoms. The molecule has 2 unspecified atom stereocenters. The fourth-order valence-corrected chi connectivity index (χ4v) is 5.04. The molecular formula is C26H37N5O3Si. The predicted octanol–water partition coefficient (Wildman–Crippen LogP) is 4.79. The Morgan fingerprint density at radius 1 is 1.23 bits per heavy atom. The average molecular weight is 496 g/mol. The first-order valence-corrected chi connectivity index (χ1v) is 16.1. The second-order valence-corrected chi connectivity index (χ2v) is 16.2. The van der Waals surface area contributed by atoms with Crippen LogP contribution in [0.2, 0.25) is 25.7 Å². The molecule has 0 aliphatic carbocycles. The van der Waals surface area contributed by atoms with Gasteiger partial charge in [-0.1, -0.05) is 50.0 Å². The Hall–Kier alpha value is -2.75. The molecule has 3 aromatic rings. The number of carbonyl (C=O) groups is 1. The zero-order valence-corrected chi connectivity index (χ0v) is 22.0. The van der Waals surface area contributed by atoms with E-state index in [4.69, 9.17) is 20.2 Å². The van der Waals surface area contributed by atoms with Crippen LogP contribution in [0.4, 0.5) is 4.79 Å². The molecule has 2 N–H and O–H groups in total. The number of fused-ring (bicyclic) bond motifs is 1. The van der Waals surface area contributed by atoms with Crippen molar-refractivity contribution in [1.29, 1.82) is 0 Å². The van der Waals surface area contributed by atoms with Gasteiger partial charge in [0, 0.05) is 45.6 Å². The minimum atomic E-state index is -1.13. The van der Waals surface area contributed by atoms with Crippen molar-refractivity contribution >= 4 is 25.2 Å². The van der Waals surface area contributed by atoms with Crippen molar-refractivity contribution in [3.63, 3.8) is 0 Å². The summed E-state index contributed by atoms with van der Waals surface area (Å²) in [5.74, 6) is 0.672. The second kappa shape index (κ2) is 11.3. The van der Waals surface area contributed by atoms with E-state index in [2.05, 4.69) is 24.6 Å². The first-order valence-electron chi connectivity index (χ1n) is 12.4. The van der Waals surface area contributed by atoms with Crippen molar-refractivity contribution in [2.24, 2.45) is 11.7 Å². The number of benzene rings is 1. The summed E-state index contributed by atoms with van der Waals surface area (Å²) in [7, 11) is -1.13. The van der Waals surface area contributed by atoms with Gasteiger partial charge < -0.3 is 24.7 Å². The summed E-state index contributed by atoms with van der Waals surface area (Å²) in [5.41, 5.74) is 8.44. The summed E-state index contributed by atoms with van der Waals surface area (Å²) in [4.78, 5) is 23.8. The highest BCUT2D eigenvalue weighted by molar-refractivity contribution is 6.76. The standard InChI is InChI=1S/C26H37N5O3Si/c1-35(2,3)15-14-33-19-31-13-11-21-16-28-24(29-25(21)31)23(27)22-10-7-12-30(17-22)26(32)34-18-20-8-5-4-6-9-20/h4-6,8-9,11,13,16,22-23H,7,10,12,14-15,17-19,27H2,1-3H3. The average Bonchev–Trinajstić information content (AvgIpc) is 3.27. The Balaban J connectivity index is 1.37. The summed E-state index contributed by atoms with van der Waals surface area (Å²) < 4.78 is 13.5. The predicted molar refractivity (Wildman–Crippen MR) is 139 cm³/mol. The van der Waals surface area contributed by atoms with E-state index >= 15 is 0 Å². The van der Waals surface area contributed by atoms with Crippen LogP contribution < -0.4 is 5.73 Å². The number of rotatable bonds is 9. The van der Waals surface area contributed by atoms with Gasteiger partial charge >= 0.3 is 6.09 Å². The van der Waals surface area contributed by atoms with Crippen LogP contribution in [0.15, 0.2) is 48.8 Å². The fourth-order valence-electron chi connectivity index (χ4n) is 4.28. The quantitative estimate of drug-likeness (QED) is 0.339. The number of hydrogen-bond donors (Lipinski definition) is 1. The van der Waals surface area contributed by atoms with E-state index in [0.717, 1.165) is 42.1 Å². The van der Waals surface area contributed by atoms with Crippen LogP contribution in [0.3, 0.4) is 0 Å². The smallest absolute Gasteiger partial charge is 0.410 e. The van der Waals surface area contributed by atoms with Gasteiger partial charge in [-0.05, 0) is 36.4 Å². The van der Waals surface area contributed by atoms with Crippen LogP contribution in [0, 0.1) is 5.92 Å². The Kier molecular flexibility index (Phi) is 8.20. The number of aromatic nitrogens is 3. The van der Waals surface area contributed by atoms with Gasteiger partial charge in [-0.25, -0.2) is 14.8 Å². The normalized spacial score (nSPS) is 17.5. The maximum Gasteiger partial charge on any atom is 0.410 e. The Bertz CT molecular complexity index is 1120. The van der Waals surface area contributed by atoms with Gasteiger partial charge in [0.05, 0.1) is 6.04 Å². The lowest BCUT2D eigenvalue weighted by molar-refractivity contribution is 0.0751. The first kappa shape index (κ1) is 25.3. The van der Waals surface area contributed by atoms with E-state index in [0.29, 0.717) is 25.6 Å². The second-order valence-electron chi connectivity index (χ2n) is 10.6. The number of nitrogens with two attached hydrogens (primary N) is 1. The van der Waals surface area contributed by atoms with Crippen LogP contribution in [-0.2, 0) is 22.8 Å². The molecule has 1 aliphatic rings. The van der Waals surface area contributed by atoms with Crippen LogP contribution in [0.25, 0.3) is 11.0 Å². The summed E-state index contributed by atoms with van der Waals surface area (Å²) in [5, 5.41) is 0.963. The van der Waals surface area contributed by atoms with Gasteiger partial charge in [0.25, 0.3) is 0 Å². The minimum Gasteiger partial charge on any atom is -0.445 e. The molecule has 2 aromatic heterocycles. The third-order valence-electron chi connectivity index (χ3n) is 6.47. The van der Waals surface area contributed by atoms with Crippen LogP contribution in [-0.4, -0.2) is 53.3 Å². The highest BCUT2D eigenvalue weighted by Crippen LogP contribution is 2.28. The topological polar surface area (TPSA) is 95.5 Å². The van der Waals surface area contributed by atoms with Gasteiger partial charge in [0.2, 0.25) is 0 Å². The lowest BCUT2D eigenvalue weighted by Gasteiger charge is -2.34. The van der Waals surface area contributed by atoms with Gasteiger partial charge in [-0.2, -0.15) is 0 Å². The largest absolute Gasteiger partial charge is 0.445 e. The molecule has 0 saturated carbocycles. The zero-order chi connectivity index (χ0) is 24.8. The Morgan fingerprint density at radius 2 is 2.03 bits per heavy atom. The molecule has 0 radical (unpaired) electrons. The molecule has 1 saturated heterocycles. The summed E-state index contributed by atoms with van der Waals surface area (Å²) in [6.07, 6.45) is 5.30. The number of ether oxygens (including phenoxy) is 2. The number of hydrogen-bond acceptors (Lipinski definition) is 6. The highest BCUT2D eigenvalue weighted by atomic mass is 28.3. The highest BCUT2D eigenvalue weighted by Gasteiger charge is 2.30. The van der Waals surface area contributed by atoms with E-state index in [1.165, 1.54) is 0 Å². The van der Waals surface area contributed by atoms with Crippen molar-refractivity contribution < 1.29 is 14.3 Å². The molecule has 3 heterocycles. The van der Waals surface area contributed by atoms with Crippen molar-refractivity contribution in [2.75, 3.05) is 19.7 Å². The van der Waals surface area contributed by atoms with E-state index in [9.17, 15) is 4.79 Å². The van der Waals surface area contributed by atoms with Gasteiger partial charge in [-0.3, -0.25) is 0 Å². The number of carbonyl (C=O) groups excluding carboxylic acids is 1. The Labute approximate surface area is 208 Å². The Morgan fingerprint density at radius 3 is 2.80 bits per heavy atom. The molecule has 188 valence electrons. The van der Waals surface area contributed by atoms with Crippen molar-refractivity contribution in [1.82, 2.24) is 19.4 Å². The number of nitrogens with zero attached hydrogens (tertiary/aromatic N) is 4. The van der Waals surface area contributed by atoms with E-state index in [1.807, 2.05) is 53.4 Å². The van der Waals surface area contributed by atoms with E-state index < -0.39 is 8.07 Å². The lowest BCUT2D eigenvalue weighted by Crippen LogP contribution is -2.43. The first-order chi connectivity index (χ1) is 16.8. The molecule has 2 atom stereocenters. The van der Waals surface area contributed by atoms with Gasteiger partial charge in [0.15, 0.2) is 0 Å². The lowest BCUT2D eigenvalue weighted by atomic mass is 9.91. The third kappa shape index (κ3) is 6.90. The molecule has 0 bridgehead atoms. The molecule has 8 nitrogen and oxygen atoms in total. The van der Waals surface area contributed by atoms with Crippen molar-refractivity contribution in [2.45, 2.75) is 57.9 Å². The monoisotopic (exact) mass is 495 g/mol. The molecule has 35 heavy (non-hydrogen) atoms. The zero-order valence-electron chi connectivity index (χ0n) is 21.0. The minimum absolute atomic E-state index is 0.0712. The molecule has 9 heteroatoms. The molecule has 4 rings (SSSR count).